The maximum atomic E-state index is 5.77. The Morgan fingerprint density at radius 3 is 3.06 bits per heavy atom. The molecule has 0 amide bonds. The number of rotatable bonds is 5. The van der Waals surface area contributed by atoms with Crippen LogP contribution in [0.3, 0.4) is 0 Å². The minimum atomic E-state index is 0.446. The van der Waals surface area contributed by atoms with E-state index in [9.17, 15) is 0 Å². The lowest BCUT2D eigenvalue weighted by atomic mass is 9.94. The predicted molar refractivity (Wildman–Crippen MR) is 72.9 cm³/mol. The molecule has 3 unspecified atom stereocenters. The summed E-state index contributed by atoms with van der Waals surface area (Å²) in [6.45, 7) is 8.20. The smallest absolute Gasteiger partial charge is 0.0702 e. The Labute approximate surface area is 111 Å². The Morgan fingerprint density at radius 1 is 1.39 bits per heavy atom. The van der Waals surface area contributed by atoms with Gasteiger partial charge in [-0.15, -0.1) is 0 Å². The highest BCUT2D eigenvalue weighted by molar-refractivity contribution is 4.83. The molecule has 2 rings (SSSR count). The third kappa shape index (κ3) is 3.92. The van der Waals surface area contributed by atoms with Crippen LogP contribution in [0.4, 0.5) is 0 Å². The SMILES string of the molecule is CCOC1CCCN(CC2COCCC2NC)C1. The molecule has 2 aliphatic rings. The van der Waals surface area contributed by atoms with Gasteiger partial charge in [0.25, 0.3) is 0 Å². The molecule has 3 atom stereocenters. The number of ether oxygens (including phenoxy) is 2. The second kappa shape index (κ2) is 7.43. The van der Waals surface area contributed by atoms with Crippen LogP contribution in [-0.4, -0.2) is 63.5 Å². The van der Waals surface area contributed by atoms with Crippen LogP contribution in [-0.2, 0) is 9.47 Å². The van der Waals surface area contributed by atoms with Crippen LogP contribution in [0.1, 0.15) is 26.2 Å². The van der Waals surface area contributed by atoms with Crippen molar-refractivity contribution in [2.75, 3.05) is 46.5 Å². The van der Waals surface area contributed by atoms with E-state index in [1.54, 1.807) is 0 Å². The van der Waals surface area contributed by atoms with Crippen molar-refractivity contribution in [2.45, 2.75) is 38.3 Å². The molecule has 18 heavy (non-hydrogen) atoms. The molecule has 0 bridgehead atoms. The molecule has 4 nitrogen and oxygen atoms in total. The Bertz CT molecular complexity index is 236. The fourth-order valence-corrected chi connectivity index (χ4v) is 3.24. The van der Waals surface area contributed by atoms with Crippen LogP contribution in [0.2, 0.25) is 0 Å². The Balaban J connectivity index is 1.80. The van der Waals surface area contributed by atoms with Crippen LogP contribution < -0.4 is 5.32 Å². The third-order valence-corrected chi connectivity index (χ3v) is 4.20. The molecule has 0 saturated carbocycles. The van der Waals surface area contributed by atoms with Crippen molar-refractivity contribution < 1.29 is 9.47 Å². The van der Waals surface area contributed by atoms with Gasteiger partial charge in [0.05, 0.1) is 12.7 Å². The van der Waals surface area contributed by atoms with E-state index < -0.39 is 0 Å². The van der Waals surface area contributed by atoms with E-state index in [4.69, 9.17) is 9.47 Å². The summed E-state index contributed by atoms with van der Waals surface area (Å²) >= 11 is 0. The van der Waals surface area contributed by atoms with Gasteiger partial charge in [0.1, 0.15) is 0 Å². The minimum Gasteiger partial charge on any atom is -0.381 e. The van der Waals surface area contributed by atoms with Crippen LogP contribution in [0.25, 0.3) is 0 Å². The summed E-state index contributed by atoms with van der Waals surface area (Å²) in [4.78, 5) is 2.56. The van der Waals surface area contributed by atoms with E-state index in [0.717, 1.165) is 39.3 Å². The summed E-state index contributed by atoms with van der Waals surface area (Å²) in [5, 5.41) is 3.44. The average Bonchev–Trinajstić information content (AvgIpc) is 2.40. The van der Waals surface area contributed by atoms with E-state index in [0.29, 0.717) is 18.1 Å². The molecule has 0 aromatic carbocycles. The molecule has 0 aliphatic carbocycles. The molecule has 0 aromatic rings. The van der Waals surface area contributed by atoms with Crippen LogP contribution >= 0.6 is 0 Å². The molecule has 1 N–H and O–H groups in total. The summed E-state index contributed by atoms with van der Waals surface area (Å²) in [7, 11) is 2.07. The van der Waals surface area contributed by atoms with Gasteiger partial charge < -0.3 is 19.7 Å². The molecular formula is C14H28N2O2. The highest BCUT2D eigenvalue weighted by atomic mass is 16.5. The van der Waals surface area contributed by atoms with Crippen LogP contribution in [0.15, 0.2) is 0 Å². The molecule has 0 aromatic heterocycles. The highest BCUT2D eigenvalue weighted by Crippen LogP contribution is 2.19. The first-order valence-electron chi connectivity index (χ1n) is 7.42. The number of likely N-dealkylation sites (tertiary alicyclic amines) is 1. The number of nitrogens with one attached hydrogen (secondary N) is 1. The molecule has 2 fully saturated rings. The maximum Gasteiger partial charge on any atom is 0.0702 e. The molecule has 0 spiro atoms. The zero-order valence-electron chi connectivity index (χ0n) is 11.9. The van der Waals surface area contributed by atoms with Gasteiger partial charge in [0.2, 0.25) is 0 Å². The molecule has 106 valence electrons. The van der Waals surface area contributed by atoms with Gasteiger partial charge in [-0.05, 0) is 39.8 Å². The minimum absolute atomic E-state index is 0.446. The van der Waals surface area contributed by atoms with Gasteiger partial charge >= 0.3 is 0 Å². The maximum absolute atomic E-state index is 5.77. The van der Waals surface area contributed by atoms with Crippen molar-refractivity contribution in [3.05, 3.63) is 0 Å². The fraction of sp³-hybridized carbons (Fsp3) is 1.00. The lowest BCUT2D eigenvalue weighted by molar-refractivity contribution is -0.0196. The van der Waals surface area contributed by atoms with Gasteiger partial charge in [-0.1, -0.05) is 0 Å². The molecule has 4 heteroatoms. The standard InChI is InChI=1S/C14H28N2O2/c1-3-18-13-5-4-7-16(10-13)9-12-11-17-8-6-14(12)15-2/h12-15H,3-11H2,1-2H3. The van der Waals surface area contributed by atoms with Crippen molar-refractivity contribution in [3.63, 3.8) is 0 Å². The number of nitrogens with zero attached hydrogens (tertiary/aromatic N) is 1. The summed E-state index contributed by atoms with van der Waals surface area (Å²) in [6, 6.07) is 0.617. The largest absolute Gasteiger partial charge is 0.381 e. The van der Waals surface area contributed by atoms with E-state index >= 15 is 0 Å². The summed E-state index contributed by atoms with van der Waals surface area (Å²) in [6.07, 6.45) is 4.08. The summed E-state index contributed by atoms with van der Waals surface area (Å²) in [5.41, 5.74) is 0. The normalized spacial score (nSPS) is 34.7. The van der Waals surface area contributed by atoms with Crippen molar-refractivity contribution in [1.29, 1.82) is 0 Å². The van der Waals surface area contributed by atoms with Crippen LogP contribution in [0.5, 0.6) is 0 Å². The van der Waals surface area contributed by atoms with Gasteiger partial charge in [-0.3, -0.25) is 0 Å². The lowest BCUT2D eigenvalue weighted by Gasteiger charge is -2.38. The average molecular weight is 256 g/mol. The zero-order valence-corrected chi connectivity index (χ0v) is 11.9. The van der Waals surface area contributed by atoms with Gasteiger partial charge in [0.15, 0.2) is 0 Å². The van der Waals surface area contributed by atoms with Gasteiger partial charge in [-0.25, -0.2) is 0 Å². The molecule has 2 heterocycles. The van der Waals surface area contributed by atoms with Crippen molar-refractivity contribution >= 4 is 0 Å². The topological polar surface area (TPSA) is 33.7 Å². The second-order valence-corrected chi connectivity index (χ2v) is 5.50. The first-order valence-corrected chi connectivity index (χ1v) is 7.42. The first-order chi connectivity index (χ1) is 8.83. The third-order valence-electron chi connectivity index (χ3n) is 4.20. The van der Waals surface area contributed by atoms with Gasteiger partial charge in [0, 0.05) is 38.3 Å². The zero-order chi connectivity index (χ0) is 12.8. The molecule has 0 radical (unpaired) electrons. The number of hydrogen-bond donors (Lipinski definition) is 1. The molecule has 2 saturated heterocycles. The van der Waals surface area contributed by atoms with E-state index in [2.05, 4.69) is 24.2 Å². The van der Waals surface area contributed by atoms with E-state index in [-0.39, 0.29) is 0 Å². The second-order valence-electron chi connectivity index (χ2n) is 5.50. The van der Waals surface area contributed by atoms with Crippen molar-refractivity contribution in [3.8, 4) is 0 Å². The van der Waals surface area contributed by atoms with Gasteiger partial charge in [-0.2, -0.15) is 0 Å². The number of hydrogen-bond acceptors (Lipinski definition) is 4. The van der Waals surface area contributed by atoms with E-state index in [1.807, 2.05) is 0 Å². The van der Waals surface area contributed by atoms with Crippen molar-refractivity contribution in [2.24, 2.45) is 5.92 Å². The molecule has 2 aliphatic heterocycles. The number of piperidine rings is 1. The molecular weight excluding hydrogens is 228 g/mol. The Kier molecular flexibility index (Phi) is 5.89. The predicted octanol–water partition coefficient (Wildman–Crippen LogP) is 1.11. The summed E-state index contributed by atoms with van der Waals surface area (Å²) in [5.74, 6) is 0.629. The Morgan fingerprint density at radius 2 is 2.28 bits per heavy atom. The quantitative estimate of drug-likeness (QED) is 0.799. The van der Waals surface area contributed by atoms with Crippen molar-refractivity contribution in [1.82, 2.24) is 10.2 Å². The Hall–Kier alpha value is -0.160. The van der Waals surface area contributed by atoms with Crippen LogP contribution in [0, 0.1) is 5.92 Å². The fourth-order valence-electron chi connectivity index (χ4n) is 3.24. The summed E-state index contributed by atoms with van der Waals surface area (Å²) < 4.78 is 11.4. The van der Waals surface area contributed by atoms with E-state index in [1.165, 1.54) is 19.4 Å². The highest BCUT2D eigenvalue weighted by Gasteiger charge is 2.28. The lowest BCUT2D eigenvalue weighted by Crippen LogP contribution is -2.49. The monoisotopic (exact) mass is 256 g/mol. The first kappa shape index (κ1) is 14.3.